The second-order valence-electron chi connectivity index (χ2n) is 3.69. The van der Waals surface area contributed by atoms with Crippen molar-refractivity contribution < 1.29 is 0 Å². The highest BCUT2D eigenvalue weighted by Gasteiger charge is 2.00. The predicted octanol–water partition coefficient (Wildman–Crippen LogP) is 1.89. The smallest absolute Gasteiger partial charge is 0.0953 e. The van der Waals surface area contributed by atoms with E-state index in [2.05, 4.69) is 38.4 Å². The summed E-state index contributed by atoms with van der Waals surface area (Å²) < 4.78 is 2.07. The summed E-state index contributed by atoms with van der Waals surface area (Å²) in [6, 6.07) is 0. The number of thiazole rings is 1. The van der Waals surface area contributed by atoms with Gasteiger partial charge in [0.25, 0.3) is 0 Å². The van der Waals surface area contributed by atoms with E-state index >= 15 is 0 Å². The van der Waals surface area contributed by atoms with Crippen molar-refractivity contribution in [2.45, 2.75) is 26.4 Å². The summed E-state index contributed by atoms with van der Waals surface area (Å²) >= 11 is 1.63. The monoisotopic (exact) mass is 236 g/mol. The number of imidazole rings is 1. The zero-order valence-electron chi connectivity index (χ0n) is 9.39. The maximum Gasteiger partial charge on any atom is 0.0953 e. The number of aromatic nitrogens is 3. The van der Waals surface area contributed by atoms with Crippen molar-refractivity contribution in [3.8, 4) is 0 Å². The molecule has 0 aliphatic heterocycles. The molecule has 2 aromatic rings. The van der Waals surface area contributed by atoms with Crippen LogP contribution in [0.1, 0.15) is 24.7 Å². The third-order valence-corrected chi connectivity index (χ3v) is 2.88. The van der Waals surface area contributed by atoms with Gasteiger partial charge in [-0.2, -0.15) is 0 Å². The largest absolute Gasteiger partial charge is 0.331 e. The fourth-order valence-electron chi connectivity index (χ4n) is 1.48. The zero-order valence-corrected chi connectivity index (χ0v) is 10.2. The maximum absolute atomic E-state index is 4.34. The molecule has 0 aliphatic rings. The van der Waals surface area contributed by atoms with Gasteiger partial charge in [0, 0.05) is 18.1 Å². The van der Waals surface area contributed by atoms with Crippen LogP contribution < -0.4 is 5.32 Å². The molecule has 0 atom stereocenters. The van der Waals surface area contributed by atoms with Crippen LogP contribution >= 0.6 is 11.3 Å². The molecule has 4 nitrogen and oxygen atoms in total. The standard InChI is InChI=1S/C11H16N4S/c1-2-3-12-4-10-5-15(8-13-10)6-11-7-16-9-14-11/h5,7-9,12H,2-4,6H2,1H3. The first-order chi connectivity index (χ1) is 7.88. The highest BCUT2D eigenvalue weighted by Crippen LogP contribution is 2.04. The van der Waals surface area contributed by atoms with Crippen molar-refractivity contribution in [2.24, 2.45) is 0 Å². The van der Waals surface area contributed by atoms with Crippen molar-refractivity contribution >= 4 is 11.3 Å². The minimum absolute atomic E-state index is 0.810. The van der Waals surface area contributed by atoms with Gasteiger partial charge in [-0.05, 0) is 13.0 Å². The van der Waals surface area contributed by atoms with Gasteiger partial charge in [0.1, 0.15) is 0 Å². The van der Waals surface area contributed by atoms with E-state index in [9.17, 15) is 0 Å². The fraction of sp³-hybridized carbons (Fsp3) is 0.455. The molecule has 0 unspecified atom stereocenters. The van der Waals surface area contributed by atoms with Crippen molar-refractivity contribution in [2.75, 3.05) is 6.54 Å². The van der Waals surface area contributed by atoms with Crippen LogP contribution in [0.4, 0.5) is 0 Å². The molecule has 86 valence electrons. The first kappa shape index (κ1) is 11.3. The van der Waals surface area contributed by atoms with Gasteiger partial charge in [-0.1, -0.05) is 6.92 Å². The molecule has 0 spiro atoms. The van der Waals surface area contributed by atoms with Gasteiger partial charge >= 0.3 is 0 Å². The molecule has 0 aliphatic carbocycles. The van der Waals surface area contributed by atoms with E-state index in [1.807, 2.05) is 11.8 Å². The number of rotatable bonds is 6. The molecule has 2 heterocycles. The zero-order chi connectivity index (χ0) is 11.2. The molecule has 16 heavy (non-hydrogen) atoms. The van der Waals surface area contributed by atoms with E-state index in [1.54, 1.807) is 11.3 Å². The second-order valence-corrected chi connectivity index (χ2v) is 4.41. The Bertz CT molecular complexity index is 407. The summed E-state index contributed by atoms with van der Waals surface area (Å²) in [6.07, 6.45) is 5.09. The number of nitrogens with one attached hydrogen (secondary N) is 1. The molecule has 0 saturated carbocycles. The van der Waals surface area contributed by atoms with Crippen LogP contribution in [0.3, 0.4) is 0 Å². The molecule has 5 heteroatoms. The Morgan fingerprint density at radius 2 is 2.31 bits per heavy atom. The van der Waals surface area contributed by atoms with Crippen LogP contribution in [-0.4, -0.2) is 21.1 Å². The van der Waals surface area contributed by atoms with Crippen LogP contribution in [0.25, 0.3) is 0 Å². The summed E-state index contributed by atoms with van der Waals surface area (Å²) in [4.78, 5) is 8.60. The van der Waals surface area contributed by atoms with Crippen molar-refractivity contribution in [3.05, 3.63) is 34.8 Å². The topological polar surface area (TPSA) is 42.7 Å². The average Bonchev–Trinajstić information content (AvgIpc) is 2.91. The number of hydrogen-bond donors (Lipinski definition) is 1. The highest BCUT2D eigenvalue weighted by molar-refractivity contribution is 7.07. The van der Waals surface area contributed by atoms with Crippen molar-refractivity contribution in [1.82, 2.24) is 19.9 Å². The molecule has 0 aromatic carbocycles. The molecule has 0 bridgehead atoms. The summed E-state index contributed by atoms with van der Waals surface area (Å²) in [5.41, 5.74) is 4.04. The van der Waals surface area contributed by atoms with Gasteiger partial charge in [0.2, 0.25) is 0 Å². The van der Waals surface area contributed by atoms with E-state index in [0.717, 1.165) is 37.4 Å². The molecular weight excluding hydrogens is 220 g/mol. The summed E-state index contributed by atoms with van der Waals surface area (Å²) in [5, 5.41) is 5.40. The van der Waals surface area contributed by atoms with Crippen molar-refractivity contribution in [3.63, 3.8) is 0 Å². The van der Waals surface area contributed by atoms with E-state index in [4.69, 9.17) is 0 Å². The number of nitrogens with zero attached hydrogens (tertiary/aromatic N) is 3. The molecule has 2 rings (SSSR count). The Kier molecular flexibility index (Phi) is 4.07. The van der Waals surface area contributed by atoms with Crippen LogP contribution in [0.15, 0.2) is 23.4 Å². The molecule has 2 aromatic heterocycles. The lowest BCUT2D eigenvalue weighted by Crippen LogP contribution is -2.13. The Morgan fingerprint density at radius 3 is 3.06 bits per heavy atom. The van der Waals surface area contributed by atoms with Crippen LogP contribution in [0.2, 0.25) is 0 Å². The maximum atomic E-state index is 4.34. The third kappa shape index (κ3) is 3.15. The lowest BCUT2D eigenvalue weighted by Gasteiger charge is -1.99. The fourth-order valence-corrected chi connectivity index (χ4v) is 2.03. The Labute approximate surface area is 99.4 Å². The Hall–Kier alpha value is -1.20. The minimum Gasteiger partial charge on any atom is -0.331 e. The second kappa shape index (κ2) is 5.77. The van der Waals surface area contributed by atoms with Crippen LogP contribution in [0, 0.1) is 0 Å². The molecule has 0 fully saturated rings. The summed E-state index contributed by atoms with van der Waals surface area (Å²) in [6.45, 7) is 4.86. The summed E-state index contributed by atoms with van der Waals surface area (Å²) in [5.74, 6) is 0. The van der Waals surface area contributed by atoms with Gasteiger partial charge < -0.3 is 9.88 Å². The Balaban J connectivity index is 1.87. The molecule has 0 saturated heterocycles. The van der Waals surface area contributed by atoms with Crippen LogP contribution in [0.5, 0.6) is 0 Å². The lowest BCUT2D eigenvalue weighted by molar-refractivity contribution is 0.665. The lowest BCUT2D eigenvalue weighted by atomic mass is 10.4. The third-order valence-electron chi connectivity index (χ3n) is 2.25. The van der Waals surface area contributed by atoms with Gasteiger partial charge in [-0.3, -0.25) is 0 Å². The van der Waals surface area contributed by atoms with Gasteiger partial charge in [0.05, 0.1) is 29.8 Å². The quantitative estimate of drug-likeness (QED) is 0.779. The SMILES string of the molecule is CCCNCc1cn(Cc2cscn2)cn1. The molecule has 0 amide bonds. The van der Waals surface area contributed by atoms with E-state index in [-0.39, 0.29) is 0 Å². The van der Waals surface area contributed by atoms with E-state index in [1.165, 1.54) is 0 Å². The van der Waals surface area contributed by atoms with E-state index in [0.29, 0.717) is 0 Å². The first-order valence-electron chi connectivity index (χ1n) is 5.47. The molecule has 0 radical (unpaired) electrons. The average molecular weight is 236 g/mol. The number of hydrogen-bond acceptors (Lipinski definition) is 4. The highest BCUT2D eigenvalue weighted by atomic mass is 32.1. The molecular formula is C11H16N4S. The van der Waals surface area contributed by atoms with Crippen molar-refractivity contribution in [1.29, 1.82) is 0 Å². The normalized spacial score (nSPS) is 10.8. The van der Waals surface area contributed by atoms with Gasteiger partial charge in [0.15, 0.2) is 0 Å². The van der Waals surface area contributed by atoms with Gasteiger partial charge in [-0.15, -0.1) is 11.3 Å². The summed E-state index contributed by atoms with van der Waals surface area (Å²) in [7, 11) is 0. The van der Waals surface area contributed by atoms with Gasteiger partial charge in [-0.25, -0.2) is 9.97 Å². The van der Waals surface area contributed by atoms with E-state index < -0.39 is 0 Å². The van der Waals surface area contributed by atoms with Crippen LogP contribution in [-0.2, 0) is 13.1 Å². The minimum atomic E-state index is 0.810. The Morgan fingerprint density at radius 1 is 1.38 bits per heavy atom. The predicted molar refractivity (Wildman–Crippen MR) is 65.4 cm³/mol. The molecule has 1 N–H and O–H groups in total. The first-order valence-corrected chi connectivity index (χ1v) is 6.41.